The number of hydrogen-bond acceptors (Lipinski definition) is 6. The van der Waals surface area contributed by atoms with Crippen molar-refractivity contribution in [1.82, 2.24) is 0 Å². The average molecular weight is 320 g/mol. The van der Waals surface area contributed by atoms with Gasteiger partial charge in [-0.15, -0.1) is 0 Å². The van der Waals surface area contributed by atoms with Gasteiger partial charge in [0.2, 0.25) is 0 Å². The molecule has 0 aliphatic carbocycles. The first-order valence-electron chi connectivity index (χ1n) is 7.50. The molecule has 0 amide bonds. The van der Waals surface area contributed by atoms with Gasteiger partial charge < -0.3 is 29.9 Å². The van der Waals surface area contributed by atoms with E-state index in [1.165, 1.54) is 0 Å². The van der Waals surface area contributed by atoms with E-state index in [2.05, 4.69) is 0 Å². The summed E-state index contributed by atoms with van der Waals surface area (Å²) in [6, 6.07) is 13.7. The second-order valence-electron chi connectivity index (χ2n) is 5.69. The lowest BCUT2D eigenvalue weighted by Gasteiger charge is -2.39. The molecule has 23 heavy (non-hydrogen) atoms. The van der Waals surface area contributed by atoms with Gasteiger partial charge in [-0.05, 0) is 22.4 Å². The van der Waals surface area contributed by atoms with E-state index < -0.39 is 37.3 Å². The Kier molecular flexibility index (Phi) is 4.91. The van der Waals surface area contributed by atoms with Crippen molar-refractivity contribution in [1.29, 1.82) is 0 Å². The normalized spacial score (nSPS) is 31.4. The standard InChI is InChI=1S/C17H20O6/c18-8-13-14(19)16(15(20)17(21)23-13)22-9-10-5-6-11-3-1-2-4-12(11)7-10/h1-7,13-21H,8-9H2/t13?,14-,15?,16-,17?/m0/s1. The highest BCUT2D eigenvalue weighted by Crippen LogP contribution is 2.24. The second kappa shape index (κ2) is 6.92. The Morgan fingerprint density at radius 1 is 0.957 bits per heavy atom. The van der Waals surface area contributed by atoms with Crippen molar-refractivity contribution >= 4 is 10.8 Å². The molecule has 1 aliphatic heterocycles. The van der Waals surface area contributed by atoms with Crippen molar-refractivity contribution in [3.05, 3.63) is 48.0 Å². The minimum absolute atomic E-state index is 0.161. The van der Waals surface area contributed by atoms with E-state index in [9.17, 15) is 15.3 Å². The summed E-state index contributed by atoms with van der Waals surface area (Å²) in [6.45, 7) is -0.310. The fourth-order valence-corrected chi connectivity index (χ4v) is 2.79. The molecule has 0 aromatic heterocycles. The highest BCUT2D eigenvalue weighted by molar-refractivity contribution is 5.82. The van der Waals surface area contributed by atoms with Crippen LogP contribution < -0.4 is 0 Å². The monoisotopic (exact) mass is 320 g/mol. The van der Waals surface area contributed by atoms with E-state index in [4.69, 9.17) is 14.6 Å². The minimum atomic E-state index is -1.50. The Bertz CT molecular complexity index is 660. The SMILES string of the molecule is OCC1OC(O)C(O)[C@@H](OCc2ccc3ccccc3c2)[C@H]1O. The maximum absolute atomic E-state index is 10.1. The summed E-state index contributed by atoms with van der Waals surface area (Å²) in [5.41, 5.74) is 0.879. The topological polar surface area (TPSA) is 99.4 Å². The van der Waals surface area contributed by atoms with Crippen LogP contribution >= 0.6 is 0 Å². The van der Waals surface area contributed by atoms with Crippen LogP contribution in [0.25, 0.3) is 10.8 Å². The van der Waals surface area contributed by atoms with Crippen LogP contribution in [0.2, 0.25) is 0 Å². The summed E-state index contributed by atoms with van der Waals surface area (Å²) in [6.07, 6.45) is -6.14. The highest BCUT2D eigenvalue weighted by Gasteiger charge is 2.44. The number of hydrogen-bond donors (Lipinski definition) is 4. The largest absolute Gasteiger partial charge is 0.394 e. The third-order valence-electron chi connectivity index (χ3n) is 4.10. The first-order valence-corrected chi connectivity index (χ1v) is 7.50. The lowest BCUT2D eigenvalue weighted by molar-refractivity contribution is -0.296. The number of benzene rings is 2. The Balaban J connectivity index is 1.72. The summed E-state index contributed by atoms with van der Waals surface area (Å²) in [4.78, 5) is 0. The highest BCUT2D eigenvalue weighted by atomic mass is 16.6. The number of rotatable bonds is 4. The van der Waals surface area contributed by atoms with Gasteiger partial charge in [-0.1, -0.05) is 36.4 Å². The number of aliphatic hydroxyl groups is 4. The zero-order chi connectivity index (χ0) is 16.4. The summed E-state index contributed by atoms with van der Waals surface area (Å²) < 4.78 is 10.5. The molecule has 6 heteroatoms. The van der Waals surface area contributed by atoms with Crippen LogP contribution in [0.1, 0.15) is 5.56 Å². The van der Waals surface area contributed by atoms with Gasteiger partial charge in [-0.25, -0.2) is 0 Å². The van der Waals surface area contributed by atoms with Gasteiger partial charge in [0.15, 0.2) is 6.29 Å². The van der Waals surface area contributed by atoms with Crippen molar-refractivity contribution in [2.24, 2.45) is 0 Å². The lowest BCUT2D eigenvalue weighted by atomic mass is 9.99. The molecule has 1 fully saturated rings. The van der Waals surface area contributed by atoms with Crippen LogP contribution in [0, 0.1) is 0 Å². The van der Waals surface area contributed by atoms with E-state index in [0.717, 1.165) is 16.3 Å². The first kappa shape index (κ1) is 16.3. The number of aliphatic hydroxyl groups excluding tert-OH is 4. The van der Waals surface area contributed by atoms with Crippen LogP contribution in [-0.4, -0.2) is 57.7 Å². The smallest absolute Gasteiger partial charge is 0.184 e. The zero-order valence-electron chi connectivity index (χ0n) is 12.4. The predicted octanol–water partition coefficient (Wildman–Crippen LogP) is 0.156. The summed E-state index contributed by atoms with van der Waals surface area (Å²) >= 11 is 0. The van der Waals surface area contributed by atoms with Crippen molar-refractivity contribution in [3.63, 3.8) is 0 Å². The van der Waals surface area contributed by atoms with Gasteiger partial charge in [0.1, 0.15) is 24.4 Å². The van der Waals surface area contributed by atoms with Gasteiger partial charge in [0, 0.05) is 0 Å². The molecule has 2 aromatic rings. The molecule has 1 heterocycles. The minimum Gasteiger partial charge on any atom is -0.394 e. The number of ether oxygens (including phenoxy) is 2. The molecule has 3 rings (SSSR count). The van der Waals surface area contributed by atoms with Crippen LogP contribution in [0.5, 0.6) is 0 Å². The fraction of sp³-hybridized carbons (Fsp3) is 0.412. The van der Waals surface area contributed by atoms with Crippen LogP contribution in [0.3, 0.4) is 0 Å². The van der Waals surface area contributed by atoms with Gasteiger partial charge in [0.25, 0.3) is 0 Å². The maximum Gasteiger partial charge on any atom is 0.184 e. The average Bonchev–Trinajstić information content (AvgIpc) is 2.58. The van der Waals surface area contributed by atoms with E-state index in [1.54, 1.807) is 0 Å². The molecule has 1 saturated heterocycles. The van der Waals surface area contributed by atoms with Crippen molar-refractivity contribution < 1.29 is 29.9 Å². The molecular formula is C17H20O6. The Morgan fingerprint density at radius 3 is 2.43 bits per heavy atom. The second-order valence-corrected chi connectivity index (χ2v) is 5.69. The molecule has 5 atom stereocenters. The van der Waals surface area contributed by atoms with Crippen LogP contribution in [0.4, 0.5) is 0 Å². The quantitative estimate of drug-likeness (QED) is 0.640. The molecule has 0 bridgehead atoms. The van der Waals surface area contributed by atoms with E-state index in [1.807, 2.05) is 42.5 Å². The Labute approximate surface area is 133 Å². The predicted molar refractivity (Wildman–Crippen MR) is 82.5 cm³/mol. The Morgan fingerprint density at radius 2 is 1.70 bits per heavy atom. The molecule has 0 radical (unpaired) electrons. The maximum atomic E-state index is 10.1. The Hall–Kier alpha value is -1.54. The van der Waals surface area contributed by atoms with Gasteiger partial charge in [-0.2, -0.15) is 0 Å². The molecule has 3 unspecified atom stereocenters. The van der Waals surface area contributed by atoms with Crippen molar-refractivity contribution in [2.75, 3.05) is 6.61 Å². The van der Waals surface area contributed by atoms with E-state index in [0.29, 0.717) is 0 Å². The van der Waals surface area contributed by atoms with Crippen molar-refractivity contribution in [3.8, 4) is 0 Å². The van der Waals surface area contributed by atoms with Crippen molar-refractivity contribution in [2.45, 2.75) is 37.3 Å². The number of fused-ring (bicyclic) bond motifs is 1. The molecule has 6 nitrogen and oxygen atoms in total. The molecule has 0 spiro atoms. The molecule has 2 aromatic carbocycles. The van der Waals surface area contributed by atoms with E-state index >= 15 is 0 Å². The summed E-state index contributed by atoms with van der Waals surface area (Å²) in [5, 5.41) is 41.0. The van der Waals surface area contributed by atoms with Gasteiger partial charge in [0.05, 0.1) is 13.2 Å². The lowest BCUT2D eigenvalue weighted by Crippen LogP contribution is -2.59. The van der Waals surface area contributed by atoms with Gasteiger partial charge in [-0.3, -0.25) is 0 Å². The molecule has 1 aliphatic rings. The van der Waals surface area contributed by atoms with Crippen LogP contribution in [-0.2, 0) is 16.1 Å². The molecule has 124 valence electrons. The van der Waals surface area contributed by atoms with Crippen LogP contribution in [0.15, 0.2) is 42.5 Å². The van der Waals surface area contributed by atoms with E-state index in [-0.39, 0.29) is 6.61 Å². The first-order chi connectivity index (χ1) is 11.1. The third kappa shape index (κ3) is 3.37. The van der Waals surface area contributed by atoms with Gasteiger partial charge >= 0.3 is 0 Å². The molecule has 4 N–H and O–H groups in total. The fourth-order valence-electron chi connectivity index (χ4n) is 2.79. The molecular weight excluding hydrogens is 300 g/mol. The zero-order valence-corrected chi connectivity index (χ0v) is 12.4. The summed E-state index contributed by atoms with van der Waals surface area (Å²) in [7, 11) is 0. The third-order valence-corrected chi connectivity index (χ3v) is 4.10. The summed E-state index contributed by atoms with van der Waals surface area (Å²) in [5.74, 6) is 0. The molecule has 0 saturated carbocycles.